The normalized spacial score (nSPS) is 10.6. The lowest BCUT2D eigenvalue weighted by Gasteiger charge is -2.04. The zero-order valence-electron chi connectivity index (χ0n) is 17.3. The summed E-state index contributed by atoms with van der Waals surface area (Å²) in [6, 6.07) is 9.32. The number of hydrogen-bond acceptors (Lipinski definition) is 8. The fraction of sp³-hybridized carbons (Fsp3) is 0.333. The van der Waals surface area contributed by atoms with Crippen molar-refractivity contribution in [3.8, 4) is 17.2 Å². The van der Waals surface area contributed by atoms with Gasteiger partial charge in [-0.05, 0) is 53.5 Å². The van der Waals surface area contributed by atoms with E-state index in [4.69, 9.17) is 32.2 Å². The number of rotatable bonds is 8. The van der Waals surface area contributed by atoms with Gasteiger partial charge in [-0.1, -0.05) is 24.6 Å². The van der Waals surface area contributed by atoms with Crippen LogP contribution in [0, 0.1) is 0 Å². The highest BCUT2D eigenvalue weighted by Gasteiger charge is 2.09. The second kappa shape index (κ2) is 16.1. The molecule has 172 valence electrons. The quantitative estimate of drug-likeness (QED) is 0.234. The van der Waals surface area contributed by atoms with E-state index in [-0.39, 0.29) is 17.2 Å². The summed E-state index contributed by atoms with van der Waals surface area (Å²) in [4.78, 5) is 20.5. The van der Waals surface area contributed by atoms with Crippen molar-refractivity contribution in [3.63, 3.8) is 0 Å². The molecule has 1 unspecified atom stereocenters. The first-order valence-electron chi connectivity index (χ1n) is 9.38. The Hall–Kier alpha value is -2.66. The van der Waals surface area contributed by atoms with E-state index >= 15 is 0 Å². The fourth-order valence-electron chi connectivity index (χ4n) is 2.13. The van der Waals surface area contributed by atoms with Gasteiger partial charge in [0.25, 0.3) is 0 Å². The third kappa shape index (κ3) is 11.3. The molecule has 0 amide bonds. The van der Waals surface area contributed by atoms with E-state index in [1.807, 2.05) is 6.07 Å². The molecule has 31 heavy (non-hydrogen) atoms. The van der Waals surface area contributed by atoms with Gasteiger partial charge < -0.3 is 37.3 Å². The van der Waals surface area contributed by atoms with Crippen LogP contribution >= 0.6 is 15.9 Å². The molecule has 0 saturated heterocycles. The Morgan fingerprint density at radius 3 is 2.29 bits per heavy atom. The van der Waals surface area contributed by atoms with Crippen LogP contribution in [-0.2, 0) is 11.3 Å². The van der Waals surface area contributed by atoms with Crippen LogP contribution in [0.25, 0.3) is 0 Å². The summed E-state index contributed by atoms with van der Waals surface area (Å²) in [6.07, 6.45) is 2.85. The Morgan fingerprint density at radius 2 is 1.84 bits per heavy atom. The number of unbranched alkanes of at least 4 members (excludes halogenated alkanes) is 1. The number of aldehydes is 1. The molecule has 2 rings (SSSR count). The van der Waals surface area contributed by atoms with Crippen molar-refractivity contribution in [2.75, 3.05) is 13.7 Å². The lowest BCUT2D eigenvalue weighted by molar-refractivity contribution is -0.138. The van der Waals surface area contributed by atoms with Crippen LogP contribution in [0.2, 0.25) is 0 Å². The van der Waals surface area contributed by atoms with Gasteiger partial charge in [-0.3, -0.25) is 9.59 Å². The van der Waals surface area contributed by atoms with E-state index in [1.54, 1.807) is 18.2 Å². The van der Waals surface area contributed by atoms with Gasteiger partial charge in [-0.2, -0.15) is 0 Å². The fourth-order valence-corrected chi connectivity index (χ4v) is 2.59. The molecule has 1 atom stereocenters. The SMILES string of the molecule is COc1cc(C=O)cc(Br)c1O.NCCCCC(N)C(=O)O.NCc1ccccc1O. The predicted octanol–water partition coefficient (Wildman–Crippen LogP) is 2.35. The molecular formula is C21H30BrN3O6. The number of para-hydroxylation sites is 1. The average Bonchev–Trinajstić information content (AvgIpc) is 2.76. The minimum Gasteiger partial charge on any atom is -0.508 e. The highest BCUT2D eigenvalue weighted by Crippen LogP contribution is 2.34. The van der Waals surface area contributed by atoms with Crippen molar-refractivity contribution in [2.45, 2.75) is 31.8 Å². The lowest BCUT2D eigenvalue weighted by Crippen LogP contribution is -2.29. The van der Waals surface area contributed by atoms with Gasteiger partial charge in [0, 0.05) is 17.7 Å². The molecule has 0 saturated carbocycles. The Balaban J connectivity index is 0.000000441. The van der Waals surface area contributed by atoms with Crippen LogP contribution in [0.1, 0.15) is 35.2 Å². The van der Waals surface area contributed by atoms with Crippen molar-refractivity contribution in [1.29, 1.82) is 0 Å². The van der Waals surface area contributed by atoms with Crippen molar-refractivity contribution in [2.24, 2.45) is 17.2 Å². The van der Waals surface area contributed by atoms with Gasteiger partial charge in [0.15, 0.2) is 11.5 Å². The van der Waals surface area contributed by atoms with Crippen LogP contribution in [0.15, 0.2) is 40.9 Å². The van der Waals surface area contributed by atoms with E-state index in [1.165, 1.54) is 19.2 Å². The van der Waals surface area contributed by atoms with E-state index in [0.717, 1.165) is 18.4 Å². The summed E-state index contributed by atoms with van der Waals surface area (Å²) in [5, 5.41) is 26.7. The molecule has 0 heterocycles. The van der Waals surface area contributed by atoms with Crippen LogP contribution in [0.4, 0.5) is 0 Å². The predicted molar refractivity (Wildman–Crippen MR) is 122 cm³/mol. The van der Waals surface area contributed by atoms with Gasteiger partial charge in [-0.25, -0.2) is 0 Å². The molecule has 9 nitrogen and oxygen atoms in total. The number of aromatic hydroxyl groups is 2. The smallest absolute Gasteiger partial charge is 0.320 e. The van der Waals surface area contributed by atoms with E-state index in [0.29, 0.717) is 35.8 Å². The molecule has 0 bridgehead atoms. The number of halogens is 1. The van der Waals surface area contributed by atoms with Gasteiger partial charge in [0.1, 0.15) is 18.1 Å². The largest absolute Gasteiger partial charge is 0.508 e. The molecule has 0 aliphatic rings. The maximum absolute atomic E-state index is 10.4. The summed E-state index contributed by atoms with van der Waals surface area (Å²) in [6.45, 7) is 0.999. The number of phenols is 2. The number of benzene rings is 2. The summed E-state index contributed by atoms with van der Waals surface area (Å²) < 4.78 is 5.28. The summed E-state index contributed by atoms with van der Waals surface area (Å²) in [7, 11) is 1.43. The van der Waals surface area contributed by atoms with Crippen LogP contribution in [0.5, 0.6) is 17.2 Å². The van der Waals surface area contributed by atoms with E-state index < -0.39 is 12.0 Å². The van der Waals surface area contributed by atoms with Gasteiger partial charge in [-0.15, -0.1) is 0 Å². The summed E-state index contributed by atoms with van der Waals surface area (Å²) >= 11 is 3.09. The van der Waals surface area contributed by atoms with E-state index in [2.05, 4.69) is 15.9 Å². The molecule has 9 N–H and O–H groups in total. The maximum Gasteiger partial charge on any atom is 0.320 e. The van der Waals surface area contributed by atoms with Crippen molar-refractivity contribution < 1.29 is 29.6 Å². The third-order valence-electron chi connectivity index (χ3n) is 3.90. The molecule has 0 aliphatic heterocycles. The Morgan fingerprint density at radius 1 is 1.19 bits per heavy atom. The van der Waals surface area contributed by atoms with Gasteiger partial charge in [0.2, 0.25) is 0 Å². The summed E-state index contributed by atoms with van der Waals surface area (Å²) in [5.41, 5.74) is 17.0. The molecular weight excluding hydrogens is 470 g/mol. The first kappa shape index (κ1) is 28.3. The number of hydrogen-bond donors (Lipinski definition) is 6. The second-order valence-corrected chi connectivity index (χ2v) is 7.09. The number of carboxylic acid groups (broad SMARTS) is 1. The highest BCUT2D eigenvalue weighted by atomic mass is 79.9. The lowest BCUT2D eigenvalue weighted by atomic mass is 10.1. The first-order chi connectivity index (χ1) is 14.7. The van der Waals surface area contributed by atoms with Crippen molar-refractivity contribution >= 4 is 28.2 Å². The Kier molecular flexibility index (Phi) is 14.7. The minimum absolute atomic E-state index is 0.00287. The van der Waals surface area contributed by atoms with Gasteiger partial charge in [0.05, 0.1) is 11.6 Å². The molecule has 0 radical (unpaired) electrons. The number of ether oxygens (including phenoxy) is 1. The Bertz CT molecular complexity index is 820. The van der Waals surface area contributed by atoms with Crippen LogP contribution < -0.4 is 21.9 Å². The molecule has 2 aromatic rings. The number of nitrogens with two attached hydrogens (primary N) is 3. The average molecular weight is 500 g/mol. The minimum atomic E-state index is -0.933. The monoisotopic (exact) mass is 499 g/mol. The number of aliphatic carboxylic acids is 1. The summed E-state index contributed by atoms with van der Waals surface area (Å²) in [5.74, 6) is -0.369. The maximum atomic E-state index is 10.4. The zero-order valence-corrected chi connectivity index (χ0v) is 18.9. The molecule has 10 heteroatoms. The second-order valence-electron chi connectivity index (χ2n) is 6.23. The topological polar surface area (TPSA) is 182 Å². The van der Waals surface area contributed by atoms with Crippen LogP contribution in [0.3, 0.4) is 0 Å². The number of phenolic OH excluding ortho intramolecular Hbond substituents is 2. The highest BCUT2D eigenvalue weighted by molar-refractivity contribution is 9.10. The third-order valence-corrected chi connectivity index (χ3v) is 4.51. The Labute approximate surface area is 189 Å². The van der Waals surface area contributed by atoms with Crippen molar-refractivity contribution in [1.82, 2.24) is 0 Å². The molecule has 0 fully saturated rings. The van der Waals surface area contributed by atoms with Crippen LogP contribution in [-0.4, -0.2) is 47.3 Å². The number of carboxylic acids is 1. The van der Waals surface area contributed by atoms with Gasteiger partial charge >= 0.3 is 5.97 Å². The number of carbonyl (C=O) groups excluding carboxylic acids is 1. The molecule has 0 spiro atoms. The zero-order chi connectivity index (χ0) is 23.8. The first-order valence-corrected chi connectivity index (χ1v) is 10.2. The molecule has 0 aliphatic carbocycles. The molecule has 0 aromatic heterocycles. The standard InChI is InChI=1S/C8H7BrO3.C7H9NO.C6H14N2O2/c1-12-7-3-5(4-10)2-6(9)8(7)11;8-5-6-3-1-2-4-7(6)9;7-4-2-1-3-5(8)6(9)10/h2-4,11H,1H3;1-4,9H,5,8H2;5H,1-4,7-8H2,(H,9,10). The number of carbonyl (C=O) groups is 2. The van der Waals surface area contributed by atoms with E-state index in [9.17, 15) is 14.7 Å². The van der Waals surface area contributed by atoms with Crippen molar-refractivity contribution in [3.05, 3.63) is 52.0 Å². The molecule has 2 aromatic carbocycles. The number of methoxy groups -OCH3 is 1.